The van der Waals surface area contributed by atoms with E-state index in [1.54, 1.807) is 23.6 Å². The minimum Gasteiger partial charge on any atom is -0.274 e. The summed E-state index contributed by atoms with van der Waals surface area (Å²) >= 11 is 2.42. The molecule has 7 nitrogen and oxygen atoms in total. The fourth-order valence-corrected chi connectivity index (χ4v) is 4.55. The van der Waals surface area contributed by atoms with E-state index in [9.17, 15) is 23.7 Å². The summed E-state index contributed by atoms with van der Waals surface area (Å²) in [5.41, 5.74) is 1.06. The van der Waals surface area contributed by atoms with Crippen molar-refractivity contribution in [1.82, 2.24) is 9.97 Å². The zero-order valence-electron chi connectivity index (χ0n) is 15.8. The second kappa shape index (κ2) is 8.28. The predicted octanol–water partition coefficient (Wildman–Crippen LogP) is 5.79. The molecule has 4 rings (SSSR count). The zero-order chi connectivity index (χ0) is 22.1. The molecule has 0 N–H and O–H groups in total. The van der Waals surface area contributed by atoms with Crippen LogP contribution in [0.25, 0.3) is 22.4 Å². The van der Waals surface area contributed by atoms with E-state index in [1.807, 2.05) is 0 Å². The number of halogens is 2. The van der Waals surface area contributed by atoms with Gasteiger partial charge in [-0.25, -0.2) is 18.7 Å². The highest BCUT2D eigenvalue weighted by Gasteiger charge is 2.21. The number of fused-ring (bicyclic) bond motifs is 1. The van der Waals surface area contributed by atoms with Crippen molar-refractivity contribution < 1.29 is 18.5 Å². The number of nitro benzene ring substituents is 1. The Hall–Kier alpha value is -3.57. The molecule has 0 aliphatic heterocycles. The Kier molecular flexibility index (Phi) is 5.53. The minimum absolute atomic E-state index is 0.00632. The van der Waals surface area contributed by atoms with Crippen molar-refractivity contribution in [3.05, 3.63) is 74.2 Å². The lowest BCUT2D eigenvalue weighted by Gasteiger charge is -2.18. The Balaban J connectivity index is 1.60. The summed E-state index contributed by atoms with van der Waals surface area (Å²) in [6.07, 6.45) is 3.37. The van der Waals surface area contributed by atoms with Gasteiger partial charge in [-0.2, -0.15) is 0 Å². The van der Waals surface area contributed by atoms with Crippen LogP contribution in [-0.2, 0) is 4.79 Å². The van der Waals surface area contributed by atoms with E-state index >= 15 is 0 Å². The quantitative estimate of drug-likeness (QED) is 0.279. The highest BCUT2D eigenvalue weighted by atomic mass is 32.1. The lowest BCUT2D eigenvalue weighted by Crippen LogP contribution is -2.23. The number of carbonyl (C=O) groups is 1. The Morgan fingerprint density at radius 3 is 2.68 bits per heavy atom. The molecule has 0 aliphatic rings. The lowest BCUT2D eigenvalue weighted by molar-refractivity contribution is -0.384. The van der Waals surface area contributed by atoms with Crippen molar-refractivity contribution in [2.45, 2.75) is 6.92 Å². The van der Waals surface area contributed by atoms with Crippen molar-refractivity contribution >= 4 is 67.5 Å². The van der Waals surface area contributed by atoms with Gasteiger partial charge in [-0.05, 0) is 30.4 Å². The number of nitro groups is 1. The van der Waals surface area contributed by atoms with Crippen LogP contribution < -0.4 is 4.90 Å². The van der Waals surface area contributed by atoms with Gasteiger partial charge < -0.3 is 0 Å². The third kappa shape index (κ3) is 4.32. The summed E-state index contributed by atoms with van der Waals surface area (Å²) in [5.74, 6) is -2.08. The lowest BCUT2D eigenvalue weighted by atomic mass is 10.2. The van der Waals surface area contributed by atoms with Gasteiger partial charge in [0.2, 0.25) is 5.91 Å². The molecule has 11 heteroatoms. The van der Waals surface area contributed by atoms with Gasteiger partial charge in [0.05, 0.1) is 26.5 Å². The van der Waals surface area contributed by atoms with E-state index in [2.05, 4.69) is 9.97 Å². The first-order valence-electron chi connectivity index (χ1n) is 8.76. The second-order valence-corrected chi connectivity index (χ2v) is 8.20. The SMILES string of the molecule is CC(=O)N(c1nc(C=Cc2nc3ccc([N+](=O)[O-])cc3s2)cs1)c1ccc(F)cc1F. The smallest absolute Gasteiger partial charge is 0.270 e. The van der Waals surface area contributed by atoms with Crippen LogP contribution in [0.3, 0.4) is 0 Å². The van der Waals surface area contributed by atoms with Crippen LogP contribution in [0.15, 0.2) is 41.8 Å². The summed E-state index contributed by atoms with van der Waals surface area (Å²) in [6, 6.07) is 7.41. The van der Waals surface area contributed by atoms with E-state index in [0.29, 0.717) is 27.0 Å². The van der Waals surface area contributed by atoms with Gasteiger partial charge in [-0.3, -0.25) is 19.8 Å². The number of nitrogens with zero attached hydrogens (tertiary/aromatic N) is 4. The molecule has 0 unspecified atom stereocenters. The van der Waals surface area contributed by atoms with E-state index in [0.717, 1.165) is 22.3 Å². The molecule has 31 heavy (non-hydrogen) atoms. The number of carbonyl (C=O) groups excluding carboxylic acids is 1. The van der Waals surface area contributed by atoms with Gasteiger partial charge >= 0.3 is 0 Å². The maximum absolute atomic E-state index is 14.2. The van der Waals surface area contributed by atoms with Gasteiger partial charge in [0.25, 0.3) is 5.69 Å². The van der Waals surface area contributed by atoms with Crippen molar-refractivity contribution in [3.8, 4) is 0 Å². The van der Waals surface area contributed by atoms with Crippen LogP contribution in [0.1, 0.15) is 17.6 Å². The molecule has 0 fully saturated rings. The van der Waals surface area contributed by atoms with Crippen LogP contribution in [0.5, 0.6) is 0 Å². The maximum Gasteiger partial charge on any atom is 0.270 e. The largest absolute Gasteiger partial charge is 0.274 e. The number of hydrogen-bond donors (Lipinski definition) is 0. The van der Waals surface area contributed by atoms with E-state index in [-0.39, 0.29) is 16.5 Å². The van der Waals surface area contributed by atoms with E-state index in [1.165, 1.54) is 36.5 Å². The number of rotatable bonds is 5. The summed E-state index contributed by atoms with van der Waals surface area (Å²) in [7, 11) is 0. The van der Waals surface area contributed by atoms with Gasteiger partial charge in [-0.15, -0.1) is 22.7 Å². The minimum atomic E-state index is -0.869. The normalized spacial score (nSPS) is 11.3. The van der Waals surface area contributed by atoms with E-state index in [4.69, 9.17) is 0 Å². The number of aromatic nitrogens is 2. The van der Waals surface area contributed by atoms with Crippen LogP contribution >= 0.6 is 22.7 Å². The maximum atomic E-state index is 14.2. The Labute approximate surface area is 182 Å². The summed E-state index contributed by atoms with van der Waals surface area (Å²) in [4.78, 5) is 32.4. The number of thiazole rings is 2. The average Bonchev–Trinajstić information content (AvgIpc) is 3.34. The van der Waals surface area contributed by atoms with Gasteiger partial charge in [0.1, 0.15) is 16.6 Å². The zero-order valence-corrected chi connectivity index (χ0v) is 17.4. The number of amides is 1. The second-order valence-electron chi connectivity index (χ2n) is 6.30. The number of hydrogen-bond acceptors (Lipinski definition) is 7. The first kappa shape index (κ1) is 20.7. The molecule has 1 amide bonds. The molecule has 2 aromatic heterocycles. The van der Waals surface area contributed by atoms with Crippen molar-refractivity contribution in [2.75, 3.05) is 4.90 Å². The van der Waals surface area contributed by atoms with Crippen molar-refractivity contribution in [3.63, 3.8) is 0 Å². The van der Waals surface area contributed by atoms with Crippen molar-refractivity contribution in [1.29, 1.82) is 0 Å². The highest BCUT2D eigenvalue weighted by molar-refractivity contribution is 7.19. The third-order valence-electron chi connectivity index (χ3n) is 4.16. The van der Waals surface area contributed by atoms with Gasteiger partial charge in [-0.1, -0.05) is 0 Å². The first-order valence-corrected chi connectivity index (χ1v) is 10.5. The molecule has 0 saturated heterocycles. The van der Waals surface area contributed by atoms with E-state index < -0.39 is 22.5 Å². The monoisotopic (exact) mass is 458 g/mol. The molecule has 0 saturated carbocycles. The molecule has 0 atom stereocenters. The standard InChI is InChI=1S/C20H12F2N4O3S2/c1-11(27)25(17-6-2-12(21)8-15(17)22)20-23-13(10-30-20)3-7-19-24-16-5-4-14(26(28)29)9-18(16)31-19/h2-10H,1H3. The number of non-ortho nitro benzene ring substituents is 1. The summed E-state index contributed by atoms with van der Waals surface area (Å²) in [5, 5.41) is 13.4. The predicted molar refractivity (Wildman–Crippen MR) is 116 cm³/mol. The molecular formula is C20H12F2N4O3S2. The molecule has 4 aromatic rings. The summed E-state index contributed by atoms with van der Waals surface area (Å²) in [6.45, 7) is 1.26. The highest BCUT2D eigenvalue weighted by Crippen LogP contribution is 2.32. The molecule has 0 bridgehead atoms. The Bertz CT molecular complexity index is 1350. The van der Waals surface area contributed by atoms with Crippen molar-refractivity contribution in [2.24, 2.45) is 0 Å². The molecular weight excluding hydrogens is 446 g/mol. The van der Waals surface area contributed by atoms with Gasteiger partial charge in [0.15, 0.2) is 5.13 Å². The average molecular weight is 458 g/mol. The first-order chi connectivity index (χ1) is 14.8. The molecule has 0 radical (unpaired) electrons. The van der Waals surface area contributed by atoms with Crippen LogP contribution in [0.4, 0.5) is 25.3 Å². The molecule has 2 heterocycles. The van der Waals surface area contributed by atoms with Crippen LogP contribution in [0, 0.1) is 21.7 Å². The molecule has 0 spiro atoms. The fraction of sp³-hybridized carbons (Fsp3) is 0.0500. The molecule has 2 aromatic carbocycles. The molecule has 0 aliphatic carbocycles. The molecule has 156 valence electrons. The number of anilines is 2. The topological polar surface area (TPSA) is 89.2 Å². The number of benzene rings is 2. The fourth-order valence-electron chi connectivity index (χ4n) is 2.80. The van der Waals surface area contributed by atoms with Gasteiger partial charge in [0, 0.05) is 30.5 Å². The Morgan fingerprint density at radius 1 is 1.16 bits per heavy atom. The Morgan fingerprint density at radius 2 is 1.97 bits per heavy atom. The summed E-state index contributed by atoms with van der Waals surface area (Å²) < 4.78 is 28.1. The third-order valence-corrected chi connectivity index (χ3v) is 5.99. The van der Waals surface area contributed by atoms with Crippen LogP contribution in [0.2, 0.25) is 0 Å². The van der Waals surface area contributed by atoms with Crippen LogP contribution in [-0.4, -0.2) is 20.8 Å².